The van der Waals surface area contributed by atoms with Crippen molar-refractivity contribution in [1.82, 2.24) is 0 Å². The molecule has 0 amide bonds. The molecule has 0 fully saturated rings. The van der Waals surface area contributed by atoms with E-state index in [4.69, 9.17) is 0 Å². The van der Waals surface area contributed by atoms with Crippen molar-refractivity contribution in [3.63, 3.8) is 0 Å². The Morgan fingerprint density at radius 3 is 2.92 bits per heavy atom. The highest BCUT2D eigenvalue weighted by Gasteiger charge is 2.28. The Labute approximate surface area is 75.4 Å². The van der Waals surface area contributed by atoms with Gasteiger partial charge >= 0.3 is 0 Å². The maximum atomic E-state index is 11.5. The van der Waals surface area contributed by atoms with Gasteiger partial charge in [-0.05, 0) is 18.2 Å². The first kappa shape index (κ1) is 6.78. The molecule has 0 unspecified atom stereocenters. The number of ketones is 1. The molecule has 0 atom stereocenters. The average molecular weight is 170 g/mol. The minimum Gasteiger partial charge on any atom is -0.287 e. The van der Waals surface area contributed by atoms with Crippen molar-refractivity contribution in [2.24, 2.45) is 0 Å². The summed E-state index contributed by atoms with van der Waals surface area (Å²) in [4.78, 5) is 11.5. The Balaban J connectivity index is 2.58. The largest absolute Gasteiger partial charge is 0.287 e. The van der Waals surface area contributed by atoms with Gasteiger partial charge in [-0.15, -0.1) is 0 Å². The zero-order valence-electron chi connectivity index (χ0n) is 7.03. The molecule has 0 saturated carbocycles. The summed E-state index contributed by atoms with van der Waals surface area (Å²) in [7, 11) is 0. The maximum Gasteiger partial charge on any atom is 0.234 e. The maximum absolute atomic E-state index is 11.5. The molecule has 0 aliphatic carbocycles. The monoisotopic (exact) mass is 170 g/mol. The van der Waals surface area contributed by atoms with Gasteiger partial charge in [0, 0.05) is 11.5 Å². The number of pyridine rings is 1. The van der Waals surface area contributed by atoms with Crippen molar-refractivity contribution < 1.29 is 9.36 Å². The van der Waals surface area contributed by atoms with Crippen molar-refractivity contribution in [2.45, 2.75) is 6.54 Å². The number of rotatable bonds is 0. The molecule has 1 aromatic heterocycles. The van der Waals surface area contributed by atoms with Crippen LogP contribution < -0.4 is 4.57 Å². The van der Waals surface area contributed by atoms with Crippen LogP contribution in [0.25, 0.3) is 10.9 Å². The number of aromatic nitrogens is 1. The van der Waals surface area contributed by atoms with Crippen molar-refractivity contribution in [3.05, 3.63) is 42.1 Å². The van der Waals surface area contributed by atoms with E-state index in [1.165, 1.54) is 0 Å². The molecule has 0 N–H and O–H groups in total. The summed E-state index contributed by atoms with van der Waals surface area (Å²) in [5, 5.41) is 1.14. The molecular weight excluding hydrogens is 162 g/mol. The predicted molar refractivity (Wildman–Crippen MR) is 48.5 cm³/mol. The van der Waals surface area contributed by atoms with E-state index in [9.17, 15) is 4.79 Å². The zero-order chi connectivity index (χ0) is 8.84. The standard InChI is InChI=1S/C11H8NO/c13-10-7-12-6-2-4-8-3-1-5-9(10)11(8)12/h1-6H,7H2/q+1. The van der Waals surface area contributed by atoms with E-state index >= 15 is 0 Å². The van der Waals surface area contributed by atoms with Gasteiger partial charge in [0.1, 0.15) is 0 Å². The summed E-state index contributed by atoms with van der Waals surface area (Å²) in [6.45, 7) is 0.497. The fourth-order valence-electron chi connectivity index (χ4n) is 1.94. The van der Waals surface area contributed by atoms with Crippen LogP contribution in [0.3, 0.4) is 0 Å². The van der Waals surface area contributed by atoms with Gasteiger partial charge in [-0.25, -0.2) is 0 Å². The Bertz CT molecular complexity index is 511. The molecule has 0 radical (unpaired) electrons. The predicted octanol–water partition coefficient (Wildman–Crippen LogP) is 1.32. The van der Waals surface area contributed by atoms with Crippen LogP contribution in [0.4, 0.5) is 0 Å². The molecule has 62 valence electrons. The van der Waals surface area contributed by atoms with Gasteiger partial charge in [-0.3, -0.25) is 4.79 Å². The Hall–Kier alpha value is -1.70. The molecule has 0 saturated heterocycles. The van der Waals surface area contributed by atoms with Crippen molar-refractivity contribution in [1.29, 1.82) is 0 Å². The molecule has 1 aliphatic rings. The second-order valence-corrected chi connectivity index (χ2v) is 3.30. The highest BCUT2D eigenvalue weighted by molar-refractivity contribution is 6.07. The van der Waals surface area contributed by atoms with E-state index in [0.29, 0.717) is 6.54 Å². The van der Waals surface area contributed by atoms with Crippen LogP contribution in [0.5, 0.6) is 0 Å². The number of benzene rings is 1. The van der Waals surface area contributed by atoms with E-state index in [0.717, 1.165) is 16.5 Å². The molecule has 1 aromatic carbocycles. The molecule has 2 heteroatoms. The first-order valence-electron chi connectivity index (χ1n) is 4.31. The number of Topliss-reactive ketones (excluding diaryl/α,β-unsaturated/α-hetero) is 1. The van der Waals surface area contributed by atoms with Crippen LogP contribution >= 0.6 is 0 Å². The van der Waals surface area contributed by atoms with Gasteiger partial charge < -0.3 is 0 Å². The van der Waals surface area contributed by atoms with Crippen LogP contribution in [-0.2, 0) is 6.54 Å². The van der Waals surface area contributed by atoms with Gasteiger partial charge in [0.25, 0.3) is 0 Å². The van der Waals surface area contributed by atoms with E-state index in [-0.39, 0.29) is 5.78 Å². The number of carbonyl (C=O) groups is 1. The van der Waals surface area contributed by atoms with E-state index in [1.807, 2.05) is 41.1 Å². The van der Waals surface area contributed by atoms with Gasteiger partial charge in [0.05, 0.1) is 5.56 Å². The fourth-order valence-corrected chi connectivity index (χ4v) is 1.94. The van der Waals surface area contributed by atoms with Crippen LogP contribution in [0.2, 0.25) is 0 Å². The lowest BCUT2D eigenvalue weighted by atomic mass is 10.1. The lowest BCUT2D eigenvalue weighted by molar-refractivity contribution is -0.652. The molecule has 2 heterocycles. The third-order valence-corrected chi connectivity index (χ3v) is 2.51. The van der Waals surface area contributed by atoms with E-state index in [2.05, 4.69) is 0 Å². The Kier molecular flexibility index (Phi) is 1.13. The number of carbonyl (C=O) groups excluding carboxylic acids is 1. The van der Waals surface area contributed by atoms with Gasteiger partial charge in [0.2, 0.25) is 17.8 Å². The first-order valence-corrected chi connectivity index (χ1v) is 4.31. The van der Waals surface area contributed by atoms with Crippen molar-refractivity contribution in [2.75, 3.05) is 0 Å². The first-order chi connectivity index (χ1) is 6.36. The normalized spacial score (nSPS) is 14.0. The molecule has 0 spiro atoms. The summed E-state index contributed by atoms with van der Waals surface area (Å²) < 4.78 is 2.01. The fraction of sp³-hybridized carbons (Fsp3) is 0.0909. The summed E-state index contributed by atoms with van der Waals surface area (Å²) in [6.07, 6.45) is 1.96. The molecule has 13 heavy (non-hydrogen) atoms. The number of para-hydroxylation sites is 1. The van der Waals surface area contributed by atoms with E-state index in [1.54, 1.807) is 0 Å². The minimum absolute atomic E-state index is 0.219. The minimum atomic E-state index is 0.219. The van der Waals surface area contributed by atoms with Crippen LogP contribution in [-0.4, -0.2) is 5.78 Å². The summed E-state index contributed by atoms with van der Waals surface area (Å²) in [5.74, 6) is 0.219. The van der Waals surface area contributed by atoms with Gasteiger partial charge in [-0.1, -0.05) is 6.07 Å². The zero-order valence-corrected chi connectivity index (χ0v) is 7.03. The lowest BCUT2D eigenvalue weighted by Gasteiger charge is -1.92. The van der Waals surface area contributed by atoms with Crippen LogP contribution in [0.1, 0.15) is 10.4 Å². The van der Waals surface area contributed by atoms with Gasteiger partial charge in [0.15, 0.2) is 6.20 Å². The smallest absolute Gasteiger partial charge is 0.234 e. The van der Waals surface area contributed by atoms with Crippen molar-refractivity contribution in [3.8, 4) is 0 Å². The highest BCUT2D eigenvalue weighted by atomic mass is 16.1. The summed E-state index contributed by atoms with van der Waals surface area (Å²) >= 11 is 0. The van der Waals surface area contributed by atoms with Crippen LogP contribution in [0.15, 0.2) is 36.5 Å². The number of hydrogen-bond acceptors (Lipinski definition) is 1. The molecule has 3 rings (SSSR count). The molecular formula is C11H8NO+. The third-order valence-electron chi connectivity index (χ3n) is 2.51. The second-order valence-electron chi connectivity index (χ2n) is 3.30. The Morgan fingerprint density at radius 1 is 1.15 bits per heavy atom. The number of hydrogen-bond donors (Lipinski definition) is 0. The topological polar surface area (TPSA) is 20.9 Å². The SMILES string of the molecule is O=C1C[n+]2cccc3cccc1c32. The highest BCUT2D eigenvalue weighted by Crippen LogP contribution is 2.19. The quantitative estimate of drug-likeness (QED) is 0.546. The number of nitrogens with zero attached hydrogens (tertiary/aromatic N) is 1. The van der Waals surface area contributed by atoms with E-state index < -0.39 is 0 Å². The van der Waals surface area contributed by atoms with Crippen molar-refractivity contribution >= 4 is 16.7 Å². The summed E-state index contributed by atoms with van der Waals surface area (Å²) in [6, 6.07) is 9.88. The summed E-state index contributed by atoms with van der Waals surface area (Å²) in [5.41, 5.74) is 1.94. The molecule has 1 aliphatic heterocycles. The molecule has 2 aromatic rings. The van der Waals surface area contributed by atoms with Crippen LogP contribution in [0, 0.1) is 0 Å². The second kappa shape index (κ2) is 2.16. The average Bonchev–Trinajstić information content (AvgIpc) is 2.47. The Morgan fingerprint density at radius 2 is 2.00 bits per heavy atom. The molecule has 0 bridgehead atoms. The molecule has 2 nitrogen and oxygen atoms in total. The lowest BCUT2D eigenvalue weighted by Crippen LogP contribution is -2.31. The van der Waals surface area contributed by atoms with Gasteiger partial charge in [-0.2, -0.15) is 4.57 Å². The third kappa shape index (κ3) is 0.773.